The second-order valence-corrected chi connectivity index (χ2v) is 7.36. The van der Waals surface area contributed by atoms with Crippen molar-refractivity contribution in [3.8, 4) is 22.9 Å². The number of benzene rings is 3. The normalized spacial score (nSPS) is 12.5. The van der Waals surface area contributed by atoms with Crippen LogP contribution in [-0.2, 0) is 11.3 Å². The van der Waals surface area contributed by atoms with Gasteiger partial charge in [0.15, 0.2) is 6.61 Å². The largest absolute Gasteiger partial charge is 0.477 e. The van der Waals surface area contributed by atoms with E-state index in [1.54, 1.807) is 17.0 Å². The Morgan fingerprint density at radius 3 is 2.61 bits per heavy atom. The third kappa shape index (κ3) is 3.67. The Morgan fingerprint density at radius 2 is 1.87 bits per heavy atom. The number of nitrogens with two attached hydrogens (primary N) is 2. The molecule has 0 saturated carbocycles. The number of primary amides is 1. The number of anilines is 1. The van der Waals surface area contributed by atoms with Crippen LogP contribution in [0.3, 0.4) is 0 Å². The predicted octanol–water partition coefficient (Wildman–Crippen LogP) is 2.99. The van der Waals surface area contributed by atoms with Crippen molar-refractivity contribution in [1.82, 2.24) is 4.90 Å². The highest BCUT2D eigenvalue weighted by molar-refractivity contribution is 6.05. The first kappa shape index (κ1) is 20.0. The van der Waals surface area contributed by atoms with E-state index in [1.165, 1.54) is 0 Å². The molecule has 0 aliphatic carbocycles. The fraction of sp³-hybridized carbons (Fsp3) is 0.125. The topological polar surface area (TPSA) is 122 Å². The summed E-state index contributed by atoms with van der Waals surface area (Å²) in [4.78, 5) is 25.7. The lowest BCUT2D eigenvalue weighted by Crippen LogP contribution is -2.30. The molecular formula is C24H20N4O3. The van der Waals surface area contributed by atoms with Crippen molar-refractivity contribution < 1.29 is 14.3 Å². The van der Waals surface area contributed by atoms with Crippen LogP contribution in [0.5, 0.6) is 5.75 Å². The molecule has 31 heavy (non-hydrogen) atoms. The van der Waals surface area contributed by atoms with Gasteiger partial charge in [-0.1, -0.05) is 30.8 Å². The highest BCUT2D eigenvalue weighted by atomic mass is 16.5. The number of ether oxygens (including phenoxy) is 1. The summed E-state index contributed by atoms with van der Waals surface area (Å²) in [5.41, 5.74) is 15.2. The van der Waals surface area contributed by atoms with Crippen molar-refractivity contribution in [2.75, 3.05) is 18.9 Å². The number of hydrogen-bond acceptors (Lipinski definition) is 5. The van der Waals surface area contributed by atoms with Gasteiger partial charge >= 0.3 is 0 Å². The third-order valence-electron chi connectivity index (χ3n) is 5.37. The summed E-state index contributed by atoms with van der Waals surface area (Å²) < 4.78 is 5.41. The zero-order valence-electron chi connectivity index (χ0n) is 16.7. The molecule has 0 atom stereocenters. The average Bonchev–Trinajstić information content (AvgIpc) is 3.08. The molecule has 7 heteroatoms. The molecule has 1 heterocycles. The Morgan fingerprint density at radius 1 is 1.16 bits per heavy atom. The van der Waals surface area contributed by atoms with Crippen molar-refractivity contribution in [1.29, 1.82) is 5.26 Å². The molecule has 1 aliphatic heterocycles. The van der Waals surface area contributed by atoms with Gasteiger partial charge in [-0.25, -0.2) is 0 Å². The SMILES string of the molecule is C=C(CN1Cc2c(ccc3ccc(-c4ccc(N)c(OCC#N)c4)cc23)C1=O)C(N)=O. The van der Waals surface area contributed by atoms with Crippen LogP contribution < -0.4 is 16.2 Å². The minimum Gasteiger partial charge on any atom is -0.477 e. The summed E-state index contributed by atoms with van der Waals surface area (Å²) in [5, 5.41) is 10.7. The summed E-state index contributed by atoms with van der Waals surface area (Å²) in [7, 11) is 0. The maximum Gasteiger partial charge on any atom is 0.254 e. The predicted molar refractivity (Wildman–Crippen MR) is 118 cm³/mol. The van der Waals surface area contributed by atoms with Crippen LogP contribution in [-0.4, -0.2) is 29.9 Å². The zero-order valence-corrected chi connectivity index (χ0v) is 16.7. The van der Waals surface area contributed by atoms with Crippen LogP contribution in [0.25, 0.3) is 21.9 Å². The van der Waals surface area contributed by atoms with E-state index in [9.17, 15) is 9.59 Å². The lowest BCUT2D eigenvalue weighted by atomic mass is 9.96. The Bertz CT molecular complexity index is 1290. The molecule has 3 aromatic carbocycles. The number of carbonyl (C=O) groups excluding carboxylic acids is 2. The second-order valence-electron chi connectivity index (χ2n) is 7.36. The van der Waals surface area contributed by atoms with Crippen LogP contribution in [0.4, 0.5) is 5.69 Å². The van der Waals surface area contributed by atoms with E-state index in [-0.39, 0.29) is 24.6 Å². The van der Waals surface area contributed by atoms with Gasteiger partial charge in [0.1, 0.15) is 11.8 Å². The van der Waals surface area contributed by atoms with Gasteiger partial charge in [-0.05, 0) is 51.7 Å². The molecular weight excluding hydrogens is 392 g/mol. The van der Waals surface area contributed by atoms with Gasteiger partial charge in [0, 0.05) is 17.7 Å². The Kier molecular flexibility index (Phi) is 5.05. The van der Waals surface area contributed by atoms with Crippen LogP contribution in [0.2, 0.25) is 0 Å². The molecule has 4 rings (SSSR count). The molecule has 7 nitrogen and oxygen atoms in total. The minimum absolute atomic E-state index is 0.0899. The number of nitriles is 1. The van der Waals surface area contributed by atoms with Crippen molar-refractivity contribution >= 4 is 28.3 Å². The maximum absolute atomic E-state index is 12.8. The lowest BCUT2D eigenvalue weighted by molar-refractivity contribution is -0.114. The second kappa shape index (κ2) is 7.84. The van der Waals surface area contributed by atoms with Gasteiger partial charge in [0.05, 0.1) is 12.2 Å². The van der Waals surface area contributed by atoms with Crippen LogP contribution in [0.1, 0.15) is 15.9 Å². The van der Waals surface area contributed by atoms with E-state index in [0.29, 0.717) is 23.5 Å². The highest BCUT2D eigenvalue weighted by Gasteiger charge is 2.29. The quantitative estimate of drug-likeness (QED) is 0.476. The number of carbonyl (C=O) groups is 2. The van der Waals surface area contributed by atoms with E-state index in [2.05, 4.69) is 6.58 Å². The summed E-state index contributed by atoms with van der Waals surface area (Å²) in [6.07, 6.45) is 0. The number of nitrogen functional groups attached to an aromatic ring is 1. The standard InChI is InChI=1S/C24H20N4O3/c1-14(23(27)29)12-28-13-20-18(24(28)30)6-4-15-2-3-16(10-19(15)20)17-5-7-21(26)22(11-17)31-9-8-25/h2-7,10-11H,1,9,12-13,26H2,(H2,27,29). The fourth-order valence-electron chi connectivity index (χ4n) is 3.75. The molecule has 0 unspecified atom stereocenters. The molecule has 0 bridgehead atoms. The van der Waals surface area contributed by atoms with Crippen molar-refractivity contribution in [3.05, 3.63) is 71.8 Å². The monoisotopic (exact) mass is 412 g/mol. The lowest BCUT2D eigenvalue weighted by Gasteiger charge is -2.15. The van der Waals surface area contributed by atoms with E-state index >= 15 is 0 Å². The number of nitrogens with zero attached hydrogens (tertiary/aromatic N) is 2. The van der Waals surface area contributed by atoms with Crippen LogP contribution >= 0.6 is 0 Å². The smallest absolute Gasteiger partial charge is 0.254 e. The molecule has 2 amide bonds. The number of fused-ring (bicyclic) bond motifs is 3. The zero-order chi connectivity index (χ0) is 22.1. The summed E-state index contributed by atoms with van der Waals surface area (Å²) >= 11 is 0. The molecule has 0 aromatic heterocycles. The Labute approximate surface area is 179 Å². The first-order valence-corrected chi connectivity index (χ1v) is 9.61. The first-order valence-electron chi connectivity index (χ1n) is 9.61. The van der Waals surface area contributed by atoms with Crippen molar-refractivity contribution in [3.63, 3.8) is 0 Å². The van der Waals surface area contributed by atoms with Gasteiger partial charge in [-0.2, -0.15) is 5.26 Å². The number of hydrogen-bond donors (Lipinski definition) is 2. The maximum atomic E-state index is 12.8. The highest BCUT2D eigenvalue weighted by Crippen LogP contribution is 2.35. The van der Waals surface area contributed by atoms with Crippen molar-refractivity contribution in [2.45, 2.75) is 6.54 Å². The summed E-state index contributed by atoms with van der Waals surface area (Å²) in [6, 6.07) is 17.1. The Balaban J connectivity index is 1.73. The summed E-state index contributed by atoms with van der Waals surface area (Å²) in [5.74, 6) is -0.318. The van der Waals surface area contributed by atoms with E-state index in [1.807, 2.05) is 42.5 Å². The molecule has 3 aromatic rings. The van der Waals surface area contributed by atoms with Gasteiger partial charge in [-0.15, -0.1) is 0 Å². The molecule has 0 spiro atoms. The van der Waals surface area contributed by atoms with Gasteiger partial charge in [0.25, 0.3) is 5.91 Å². The van der Waals surface area contributed by atoms with Crippen LogP contribution in [0, 0.1) is 11.3 Å². The van der Waals surface area contributed by atoms with E-state index < -0.39 is 5.91 Å². The molecule has 0 radical (unpaired) electrons. The van der Waals surface area contributed by atoms with Gasteiger partial charge in [-0.3, -0.25) is 9.59 Å². The molecule has 0 saturated heterocycles. The summed E-state index contributed by atoms with van der Waals surface area (Å²) in [6.45, 7) is 4.04. The van der Waals surface area contributed by atoms with E-state index in [4.69, 9.17) is 21.5 Å². The number of amides is 2. The Hall–Kier alpha value is -4.31. The molecule has 4 N–H and O–H groups in total. The van der Waals surface area contributed by atoms with Gasteiger partial charge < -0.3 is 21.1 Å². The fourth-order valence-corrected chi connectivity index (χ4v) is 3.75. The molecule has 1 aliphatic rings. The third-order valence-corrected chi connectivity index (χ3v) is 5.37. The van der Waals surface area contributed by atoms with E-state index in [0.717, 1.165) is 27.5 Å². The number of rotatable bonds is 6. The molecule has 0 fully saturated rings. The van der Waals surface area contributed by atoms with Gasteiger partial charge in [0.2, 0.25) is 5.91 Å². The average molecular weight is 412 g/mol. The van der Waals surface area contributed by atoms with Crippen molar-refractivity contribution in [2.24, 2.45) is 5.73 Å². The molecule has 154 valence electrons. The minimum atomic E-state index is -0.617. The first-order chi connectivity index (χ1) is 14.9. The van der Waals surface area contributed by atoms with Crippen LogP contribution in [0.15, 0.2) is 60.7 Å².